The van der Waals surface area contributed by atoms with Gasteiger partial charge in [-0.15, -0.1) is 0 Å². The smallest absolute Gasteiger partial charge is 0.191 e. The molecule has 0 amide bonds. The molecule has 0 saturated carbocycles. The van der Waals surface area contributed by atoms with Crippen molar-refractivity contribution in [3.8, 4) is 0 Å². The highest BCUT2D eigenvalue weighted by molar-refractivity contribution is 5.79. The van der Waals surface area contributed by atoms with E-state index in [0.717, 1.165) is 43.5 Å². The van der Waals surface area contributed by atoms with E-state index in [1.165, 1.54) is 19.3 Å². The van der Waals surface area contributed by atoms with Gasteiger partial charge in [-0.1, -0.05) is 25.8 Å². The summed E-state index contributed by atoms with van der Waals surface area (Å²) < 4.78 is 0. The van der Waals surface area contributed by atoms with Gasteiger partial charge < -0.3 is 15.5 Å². The number of hydrogen-bond donors (Lipinski definition) is 2. The van der Waals surface area contributed by atoms with Gasteiger partial charge in [0.15, 0.2) is 5.96 Å². The lowest BCUT2D eigenvalue weighted by molar-refractivity contribution is 0.683. The van der Waals surface area contributed by atoms with E-state index in [-0.39, 0.29) is 0 Å². The van der Waals surface area contributed by atoms with Crippen LogP contribution in [0.5, 0.6) is 0 Å². The molecule has 5 heteroatoms. The third-order valence-corrected chi connectivity index (χ3v) is 3.73. The average Bonchev–Trinajstić information content (AvgIpc) is 2.58. The largest absolute Gasteiger partial charge is 0.357 e. The molecule has 1 aromatic rings. The van der Waals surface area contributed by atoms with Gasteiger partial charge in [0.25, 0.3) is 0 Å². The van der Waals surface area contributed by atoms with E-state index in [9.17, 15) is 0 Å². The lowest BCUT2D eigenvalue weighted by atomic mass is 10.2. The van der Waals surface area contributed by atoms with Gasteiger partial charge in [-0.25, -0.2) is 9.98 Å². The number of aromatic nitrogens is 1. The molecule has 0 radical (unpaired) electrons. The lowest BCUT2D eigenvalue weighted by Gasteiger charge is -2.19. The molecule has 0 spiro atoms. The highest BCUT2D eigenvalue weighted by Gasteiger charge is 2.03. The van der Waals surface area contributed by atoms with Gasteiger partial charge >= 0.3 is 0 Å². The Labute approximate surface area is 141 Å². The molecular weight excluding hydrogens is 286 g/mol. The van der Waals surface area contributed by atoms with Crippen molar-refractivity contribution in [1.29, 1.82) is 0 Å². The minimum absolute atomic E-state index is 0.647. The molecule has 5 nitrogen and oxygen atoms in total. The monoisotopic (exact) mass is 319 g/mol. The number of unbranched alkanes of at least 4 members (excludes halogenated alkanes) is 2. The van der Waals surface area contributed by atoms with Crippen molar-refractivity contribution in [3.63, 3.8) is 0 Å². The zero-order chi connectivity index (χ0) is 16.9. The number of pyridine rings is 1. The quantitative estimate of drug-likeness (QED) is 0.395. The summed E-state index contributed by atoms with van der Waals surface area (Å²) in [5.74, 6) is 1.92. The second-order valence-electron chi connectivity index (χ2n) is 5.53. The molecule has 0 bridgehead atoms. The van der Waals surface area contributed by atoms with Crippen LogP contribution < -0.4 is 15.5 Å². The number of nitrogens with zero attached hydrogens (tertiary/aromatic N) is 3. The predicted octanol–water partition coefficient (Wildman–Crippen LogP) is 3.17. The Bertz CT molecular complexity index is 437. The standard InChI is InChI=1S/C18H33N5/c1-5-9-10-13-20-18(19-6-2)22-15-16-11-12-17(21-14-16)23(7-3)8-4/h11-12,14H,5-10,13,15H2,1-4H3,(H2,19,20,22). The molecule has 1 aromatic heterocycles. The molecule has 0 atom stereocenters. The van der Waals surface area contributed by atoms with Crippen LogP contribution in [0.25, 0.3) is 0 Å². The number of nitrogens with one attached hydrogen (secondary N) is 2. The summed E-state index contributed by atoms with van der Waals surface area (Å²) in [6, 6.07) is 4.20. The van der Waals surface area contributed by atoms with E-state index in [4.69, 9.17) is 0 Å². The fraction of sp³-hybridized carbons (Fsp3) is 0.667. The summed E-state index contributed by atoms with van der Waals surface area (Å²) in [6.07, 6.45) is 5.60. The van der Waals surface area contributed by atoms with Crippen LogP contribution in [0, 0.1) is 0 Å². The van der Waals surface area contributed by atoms with E-state index in [0.29, 0.717) is 6.54 Å². The number of aliphatic imine (C=N–C) groups is 1. The van der Waals surface area contributed by atoms with Crippen molar-refractivity contribution in [2.45, 2.75) is 53.5 Å². The molecule has 2 N–H and O–H groups in total. The van der Waals surface area contributed by atoms with Crippen LogP contribution in [0.1, 0.15) is 52.5 Å². The SMILES string of the molecule is CCCCCNC(=NCc1ccc(N(CC)CC)nc1)NCC. The lowest BCUT2D eigenvalue weighted by Crippen LogP contribution is -2.37. The van der Waals surface area contributed by atoms with E-state index in [1.807, 2.05) is 6.20 Å². The van der Waals surface area contributed by atoms with Crippen molar-refractivity contribution >= 4 is 11.8 Å². The fourth-order valence-corrected chi connectivity index (χ4v) is 2.34. The summed E-state index contributed by atoms with van der Waals surface area (Å²) in [5.41, 5.74) is 1.13. The van der Waals surface area contributed by atoms with Crippen LogP contribution in [0.4, 0.5) is 5.82 Å². The van der Waals surface area contributed by atoms with E-state index in [2.05, 4.69) is 65.3 Å². The topological polar surface area (TPSA) is 52.6 Å². The second-order valence-corrected chi connectivity index (χ2v) is 5.53. The van der Waals surface area contributed by atoms with Crippen molar-refractivity contribution in [2.75, 3.05) is 31.1 Å². The fourth-order valence-electron chi connectivity index (χ4n) is 2.34. The van der Waals surface area contributed by atoms with E-state index < -0.39 is 0 Å². The molecule has 1 rings (SSSR count). The molecule has 23 heavy (non-hydrogen) atoms. The molecular formula is C18H33N5. The maximum atomic E-state index is 4.64. The van der Waals surface area contributed by atoms with Gasteiger partial charge in [0, 0.05) is 32.4 Å². The third-order valence-electron chi connectivity index (χ3n) is 3.73. The molecule has 0 aliphatic heterocycles. The van der Waals surface area contributed by atoms with Crippen LogP contribution in [-0.2, 0) is 6.54 Å². The predicted molar refractivity (Wildman–Crippen MR) is 100 cm³/mol. The van der Waals surface area contributed by atoms with Gasteiger partial charge in [-0.2, -0.15) is 0 Å². The van der Waals surface area contributed by atoms with Crippen molar-refractivity contribution in [3.05, 3.63) is 23.9 Å². The number of anilines is 1. The van der Waals surface area contributed by atoms with Gasteiger partial charge in [0.05, 0.1) is 6.54 Å². The summed E-state index contributed by atoms with van der Waals surface area (Å²) in [4.78, 5) is 11.4. The maximum absolute atomic E-state index is 4.64. The minimum Gasteiger partial charge on any atom is -0.357 e. The number of hydrogen-bond acceptors (Lipinski definition) is 3. The first kappa shape index (κ1) is 19.3. The van der Waals surface area contributed by atoms with Crippen molar-refractivity contribution in [1.82, 2.24) is 15.6 Å². The molecule has 0 fully saturated rings. The molecule has 0 aromatic carbocycles. The zero-order valence-electron chi connectivity index (χ0n) is 15.2. The summed E-state index contributed by atoms with van der Waals surface area (Å²) in [6.45, 7) is 13.1. The minimum atomic E-state index is 0.647. The van der Waals surface area contributed by atoms with Gasteiger partial charge in [-0.05, 0) is 38.8 Å². The van der Waals surface area contributed by atoms with Gasteiger partial charge in [-0.3, -0.25) is 0 Å². The highest BCUT2D eigenvalue weighted by Crippen LogP contribution is 2.11. The summed E-state index contributed by atoms with van der Waals surface area (Å²) in [7, 11) is 0. The molecule has 130 valence electrons. The van der Waals surface area contributed by atoms with Crippen LogP contribution >= 0.6 is 0 Å². The molecule has 0 aliphatic carbocycles. The Balaban J connectivity index is 2.57. The highest BCUT2D eigenvalue weighted by atomic mass is 15.2. The van der Waals surface area contributed by atoms with Crippen molar-refractivity contribution < 1.29 is 0 Å². The first-order valence-electron chi connectivity index (χ1n) is 8.97. The third kappa shape index (κ3) is 7.35. The van der Waals surface area contributed by atoms with Gasteiger partial charge in [0.1, 0.15) is 5.82 Å². The van der Waals surface area contributed by atoms with Gasteiger partial charge in [0.2, 0.25) is 0 Å². The first-order valence-corrected chi connectivity index (χ1v) is 8.97. The molecule has 1 heterocycles. The Morgan fingerprint density at radius 1 is 1.09 bits per heavy atom. The number of rotatable bonds is 10. The van der Waals surface area contributed by atoms with Crippen LogP contribution in [0.2, 0.25) is 0 Å². The second kappa shape index (κ2) is 11.7. The Hall–Kier alpha value is -1.78. The Morgan fingerprint density at radius 3 is 2.43 bits per heavy atom. The van der Waals surface area contributed by atoms with Crippen LogP contribution in [0.3, 0.4) is 0 Å². The molecule has 0 aliphatic rings. The maximum Gasteiger partial charge on any atom is 0.191 e. The average molecular weight is 319 g/mol. The Kier molecular flexibility index (Phi) is 9.84. The van der Waals surface area contributed by atoms with Crippen molar-refractivity contribution in [2.24, 2.45) is 4.99 Å². The van der Waals surface area contributed by atoms with Crippen LogP contribution in [-0.4, -0.2) is 37.1 Å². The molecule has 0 saturated heterocycles. The zero-order valence-corrected chi connectivity index (χ0v) is 15.2. The summed E-state index contributed by atoms with van der Waals surface area (Å²) >= 11 is 0. The number of guanidine groups is 1. The molecule has 0 unspecified atom stereocenters. The first-order chi connectivity index (χ1) is 11.2. The van der Waals surface area contributed by atoms with E-state index >= 15 is 0 Å². The van der Waals surface area contributed by atoms with Crippen LogP contribution in [0.15, 0.2) is 23.3 Å². The summed E-state index contributed by atoms with van der Waals surface area (Å²) in [5, 5.41) is 6.67. The normalized spacial score (nSPS) is 11.4. The Morgan fingerprint density at radius 2 is 1.87 bits per heavy atom. The van der Waals surface area contributed by atoms with E-state index in [1.54, 1.807) is 0 Å².